The molecule has 0 saturated carbocycles. The van der Waals surface area contributed by atoms with E-state index in [0.29, 0.717) is 0 Å². The molecule has 0 fully saturated rings. The molecule has 0 saturated heterocycles. The van der Waals surface area contributed by atoms with Crippen LogP contribution in [0.4, 0.5) is 0 Å². The molecule has 0 aliphatic heterocycles. The van der Waals surface area contributed by atoms with Crippen molar-refractivity contribution in [2.24, 2.45) is 0 Å². The van der Waals surface area contributed by atoms with Gasteiger partial charge in [0.1, 0.15) is 0 Å². The summed E-state index contributed by atoms with van der Waals surface area (Å²) in [6, 6.07) is 11.5. The van der Waals surface area contributed by atoms with E-state index in [1.807, 2.05) is 50.2 Å². The quantitative estimate of drug-likeness (QED) is 0.773. The van der Waals surface area contributed by atoms with Crippen molar-refractivity contribution in [2.45, 2.75) is 27.7 Å². The second kappa shape index (κ2) is 5.41. The topological polar surface area (TPSA) is 34.1 Å². The Bertz CT molecular complexity index is 635. The van der Waals surface area contributed by atoms with E-state index >= 15 is 0 Å². The first kappa shape index (κ1) is 14.2. The fourth-order valence-electron chi connectivity index (χ4n) is 2.37. The van der Waals surface area contributed by atoms with Gasteiger partial charge in [0.15, 0.2) is 11.6 Å². The smallest absolute Gasteiger partial charge is 0.159 e. The zero-order valence-electron chi connectivity index (χ0n) is 12.3. The van der Waals surface area contributed by atoms with Crippen molar-refractivity contribution in [1.82, 2.24) is 0 Å². The number of aryl methyl sites for hydroxylation is 2. The van der Waals surface area contributed by atoms with E-state index in [-0.39, 0.29) is 11.6 Å². The predicted octanol–water partition coefficient (Wildman–Crippen LogP) is 4.38. The van der Waals surface area contributed by atoms with Gasteiger partial charge < -0.3 is 0 Å². The van der Waals surface area contributed by atoms with Crippen LogP contribution in [0.1, 0.15) is 45.7 Å². The third-order valence-electron chi connectivity index (χ3n) is 3.56. The third kappa shape index (κ3) is 2.69. The second-order valence-corrected chi connectivity index (χ2v) is 5.17. The summed E-state index contributed by atoms with van der Waals surface area (Å²) in [6.07, 6.45) is 0. The molecule has 2 heteroatoms. The molecule has 0 aromatic heterocycles. The molecule has 0 atom stereocenters. The monoisotopic (exact) mass is 266 g/mol. The average Bonchev–Trinajstić information content (AvgIpc) is 2.38. The first-order valence-corrected chi connectivity index (χ1v) is 6.63. The number of carbonyl (C=O) groups is 2. The number of ketones is 2. The van der Waals surface area contributed by atoms with E-state index < -0.39 is 0 Å². The Morgan fingerprint density at radius 1 is 0.700 bits per heavy atom. The summed E-state index contributed by atoms with van der Waals surface area (Å²) < 4.78 is 0. The standard InChI is InChI=1S/C18H18O2/c1-11-9-15(13(3)19)5-7-17(11)18-8-6-16(14(4)20)10-12(18)2/h5-10H,1-4H3. The van der Waals surface area contributed by atoms with Gasteiger partial charge in [0.2, 0.25) is 0 Å². The summed E-state index contributed by atoms with van der Waals surface area (Å²) in [4.78, 5) is 22.8. The summed E-state index contributed by atoms with van der Waals surface area (Å²) >= 11 is 0. The molecule has 0 unspecified atom stereocenters. The lowest BCUT2D eigenvalue weighted by molar-refractivity contribution is 0.100. The van der Waals surface area contributed by atoms with E-state index in [1.165, 1.54) is 0 Å². The van der Waals surface area contributed by atoms with Crippen molar-refractivity contribution in [2.75, 3.05) is 0 Å². The van der Waals surface area contributed by atoms with Gasteiger partial charge in [0, 0.05) is 11.1 Å². The van der Waals surface area contributed by atoms with Crippen LogP contribution < -0.4 is 0 Å². The SMILES string of the molecule is CC(=O)c1ccc(-c2ccc(C(C)=O)cc2C)c(C)c1. The summed E-state index contributed by atoms with van der Waals surface area (Å²) in [5.74, 6) is 0.145. The molecule has 2 aromatic rings. The number of hydrogen-bond acceptors (Lipinski definition) is 2. The maximum atomic E-state index is 11.4. The van der Waals surface area contributed by atoms with Crippen molar-refractivity contribution < 1.29 is 9.59 Å². The van der Waals surface area contributed by atoms with Crippen LogP contribution in [0.2, 0.25) is 0 Å². The lowest BCUT2D eigenvalue weighted by atomic mass is 9.93. The van der Waals surface area contributed by atoms with Gasteiger partial charge >= 0.3 is 0 Å². The molecule has 0 heterocycles. The Morgan fingerprint density at radius 3 is 1.30 bits per heavy atom. The molecule has 20 heavy (non-hydrogen) atoms. The highest BCUT2D eigenvalue weighted by atomic mass is 16.1. The molecule has 0 spiro atoms. The predicted molar refractivity (Wildman–Crippen MR) is 81.4 cm³/mol. The van der Waals surface area contributed by atoms with Gasteiger partial charge in [-0.1, -0.05) is 24.3 Å². The number of hydrogen-bond donors (Lipinski definition) is 0. The summed E-state index contributed by atoms with van der Waals surface area (Å²) in [5, 5.41) is 0. The highest BCUT2D eigenvalue weighted by Crippen LogP contribution is 2.28. The first-order chi connectivity index (χ1) is 9.40. The molecule has 102 valence electrons. The Hall–Kier alpha value is -2.22. The van der Waals surface area contributed by atoms with E-state index in [1.54, 1.807) is 13.8 Å². The minimum atomic E-state index is 0.0725. The zero-order chi connectivity index (χ0) is 14.9. The largest absolute Gasteiger partial charge is 0.295 e. The van der Waals surface area contributed by atoms with E-state index in [4.69, 9.17) is 0 Å². The second-order valence-electron chi connectivity index (χ2n) is 5.17. The Balaban J connectivity index is 2.52. The molecule has 0 amide bonds. The van der Waals surface area contributed by atoms with Crippen molar-refractivity contribution >= 4 is 11.6 Å². The Labute approximate surface area is 119 Å². The fourth-order valence-corrected chi connectivity index (χ4v) is 2.37. The Kier molecular flexibility index (Phi) is 3.84. The van der Waals surface area contributed by atoms with Gasteiger partial charge in [-0.05, 0) is 62.1 Å². The van der Waals surface area contributed by atoms with Gasteiger partial charge in [-0.25, -0.2) is 0 Å². The molecule has 0 aliphatic carbocycles. The van der Waals surface area contributed by atoms with Crippen molar-refractivity contribution in [1.29, 1.82) is 0 Å². The van der Waals surface area contributed by atoms with E-state index in [0.717, 1.165) is 33.4 Å². The van der Waals surface area contributed by atoms with Crippen LogP contribution in [0.15, 0.2) is 36.4 Å². The fraction of sp³-hybridized carbons (Fsp3) is 0.222. The van der Waals surface area contributed by atoms with Gasteiger partial charge in [0.25, 0.3) is 0 Å². The van der Waals surface area contributed by atoms with E-state index in [2.05, 4.69) is 0 Å². The number of Topliss-reactive ketones (excluding diaryl/α,β-unsaturated/α-hetero) is 2. The van der Waals surface area contributed by atoms with Crippen molar-refractivity contribution in [3.05, 3.63) is 58.7 Å². The molecule has 0 aliphatic rings. The first-order valence-electron chi connectivity index (χ1n) is 6.63. The summed E-state index contributed by atoms with van der Waals surface area (Å²) in [6.45, 7) is 7.14. The Morgan fingerprint density at radius 2 is 1.05 bits per heavy atom. The van der Waals surface area contributed by atoms with Crippen molar-refractivity contribution in [3.8, 4) is 11.1 Å². The molecular formula is C18H18O2. The maximum Gasteiger partial charge on any atom is 0.159 e. The molecule has 2 nitrogen and oxygen atoms in total. The van der Waals surface area contributed by atoms with Crippen molar-refractivity contribution in [3.63, 3.8) is 0 Å². The summed E-state index contributed by atoms with van der Waals surface area (Å²) in [5.41, 5.74) is 5.78. The zero-order valence-corrected chi connectivity index (χ0v) is 12.3. The van der Waals surface area contributed by atoms with Gasteiger partial charge in [-0.2, -0.15) is 0 Å². The van der Waals surface area contributed by atoms with Gasteiger partial charge in [-0.15, -0.1) is 0 Å². The lowest BCUT2D eigenvalue weighted by Gasteiger charge is -2.11. The molecule has 2 aromatic carbocycles. The molecular weight excluding hydrogens is 248 g/mol. The minimum absolute atomic E-state index is 0.0725. The van der Waals surface area contributed by atoms with Crippen LogP contribution in [0.3, 0.4) is 0 Å². The number of rotatable bonds is 3. The molecule has 0 N–H and O–H groups in total. The van der Waals surface area contributed by atoms with Crippen LogP contribution in [0.5, 0.6) is 0 Å². The van der Waals surface area contributed by atoms with Crippen LogP contribution in [-0.4, -0.2) is 11.6 Å². The van der Waals surface area contributed by atoms with Crippen LogP contribution in [0, 0.1) is 13.8 Å². The highest BCUT2D eigenvalue weighted by molar-refractivity contribution is 5.96. The molecule has 0 bridgehead atoms. The number of benzene rings is 2. The van der Waals surface area contributed by atoms with Crippen LogP contribution in [0.25, 0.3) is 11.1 Å². The summed E-state index contributed by atoms with van der Waals surface area (Å²) in [7, 11) is 0. The normalized spacial score (nSPS) is 10.4. The van der Waals surface area contributed by atoms with Gasteiger partial charge in [-0.3, -0.25) is 9.59 Å². The molecule has 0 radical (unpaired) electrons. The van der Waals surface area contributed by atoms with Gasteiger partial charge in [0.05, 0.1) is 0 Å². The number of carbonyl (C=O) groups excluding carboxylic acids is 2. The molecule has 2 rings (SSSR count). The minimum Gasteiger partial charge on any atom is -0.295 e. The van der Waals surface area contributed by atoms with Crippen LogP contribution in [-0.2, 0) is 0 Å². The third-order valence-corrected chi connectivity index (χ3v) is 3.56. The maximum absolute atomic E-state index is 11.4. The highest BCUT2D eigenvalue weighted by Gasteiger charge is 2.09. The van der Waals surface area contributed by atoms with Crippen LogP contribution >= 0.6 is 0 Å². The lowest BCUT2D eigenvalue weighted by Crippen LogP contribution is -1.97. The average molecular weight is 266 g/mol. The van der Waals surface area contributed by atoms with E-state index in [9.17, 15) is 9.59 Å².